The Hall–Kier alpha value is -0.610. The number of fused-ring (bicyclic) bond motifs is 1. The zero-order valence-electron chi connectivity index (χ0n) is 12.0. The lowest BCUT2D eigenvalue weighted by molar-refractivity contribution is -0.124. The largest absolute Gasteiger partial charge is 0.353 e. The van der Waals surface area contributed by atoms with Crippen LogP contribution in [0.4, 0.5) is 0 Å². The molecule has 2 aliphatic heterocycles. The van der Waals surface area contributed by atoms with Crippen molar-refractivity contribution in [3.8, 4) is 0 Å². The number of amides is 1. The van der Waals surface area contributed by atoms with Gasteiger partial charge in [-0.05, 0) is 64.1 Å². The lowest BCUT2D eigenvalue weighted by Crippen LogP contribution is -2.48. The number of carbonyl (C=O) groups is 1. The van der Waals surface area contributed by atoms with Crippen molar-refractivity contribution in [3.05, 3.63) is 0 Å². The van der Waals surface area contributed by atoms with Gasteiger partial charge in [-0.1, -0.05) is 6.42 Å². The van der Waals surface area contributed by atoms with Crippen LogP contribution in [0.25, 0.3) is 0 Å². The van der Waals surface area contributed by atoms with E-state index in [0.29, 0.717) is 12.0 Å². The van der Waals surface area contributed by atoms with Crippen molar-refractivity contribution in [2.24, 2.45) is 11.8 Å². The molecule has 1 saturated carbocycles. The van der Waals surface area contributed by atoms with Gasteiger partial charge in [0, 0.05) is 12.6 Å². The monoisotopic (exact) mass is 265 g/mol. The molecule has 0 aromatic rings. The Morgan fingerprint density at radius 1 is 1.32 bits per heavy atom. The molecule has 2 N–H and O–H groups in total. The van der Waals surface area contributed by atoms with Crippen molar-refractivity contribution >= 4 is 5.91 Å². The van der Waals surface area contributed by atoms with Crippen molar-refractivity contribution < 1.29 is 4.79 Å². The molecular weight excluding hydrogens is 238 g/mol. The molecule has 0 aromatic heterocycles. The Labute approximate surface area is 116 Å². The maximum Gasteiger partial charge on any atom is 0.237 e. The molecule has 4 unspecified atom stereocenters. The fourth-order valence-electron chi connectivity index (χ4n) is 4.14. The standard InChI is InChI=1S/C15H27N3O/c1-11(18-7-2-3-8-18)9-17-15(19)14-13-6-4-5-12(13)10-16-14/h11-14,16H,2-10H2,1H3,(H,17,19). The van der Waals surface area contributed by atoms with Gasteiger partial charge in [0.05, 0.1) is 6.04 Å². The number of hydrogen-bond acceptors (Lipinski definition) is 3. The molecule has 1 amide bonds. The molecule has 2 saturated heterocycles. The number of carbonyl (C=O) groups excluding carboxylic acids is 1. The number of likely N-dealkylation sites (tertiary alicyclic amines) is 1. The Morgan fingerprint density at radius 3 is 2.89 bits per heavy atom. The maximum absolute atomic E-state index is 12.3. The Balaban J connectivity index is 1.46. The van der Waals surface area contributed by atoms with Crippen LogP contribution in [-0.4, -0.2) is 49.1 Å². The van der Waals surface area contributed by atoms with Crippen LogP contribution in [0.2, 0.25) is 0 Å². The van der Waals surface area contributed by atoms with E-state index in [-0.39, 0.29) is 11.9 Å². The second-order valence-corrected chi connectivity index (χ2v) is 6.58. The second kappa shape index (κ2) is 5.80. The summed E-state index contributed by atoms with van der Waals surface area (Å²) < 4.78 is 0. The number of nitrogens with one attached hydrogen (secondary N) is 2. The zero-order valence-corrected chi connectivity index (χ0v) is 12.0. The van der Waals surface area contributed by atoms with E-state index in [1.807, 2.05) is 0 Å². The molecule has 0 bridgehead atoms. The Morgan fingerprint density at radius 2 is 2.11 bits per heavy atom. The van der Waals surface area contributed by atoms with Crippen molar-refractivity contribution in [3.63, 3.8) is 0 Å². The van der Waals surface area contributed by atoms with Gasteiger partial charge in [0.2, 0.25) is 5.91 Å². The summed E-state index contributed by atoms with van der Waals surface area (Å²) in [4.78, 5) is 14.8. The summed E-state index contributed by atoms with van der Waals surface area (Å²) in [5, 5.41) is 6.60. The minimum atomic E-state index is 0.0817. The molecule has 4 heteroatoms. The normalized spacial score (nSPS) is 36.4. The van der Waals surface area contributed by atoms with Gasteiger partial charge in [0.1, 0.15) is 0 Å². The first kappa shape index (κ1) is 13.4. The van der Waals surface area contributed by atoms with E-state index in [2.05, 4.69) is 22.5 Å². The molecule has 0 spiro atoms. The summed E-state index contributed by atoms with van der Waals surface area (Å²) in [6.45, 7) is 6.47. The van der Waals surface area contributed by atoms with Crippen LogP contribution >= 0.6 is 0 Å². The molecule has 108 valence electrons. The Kier molecular flexibility index (Phi) is 4.08. The average molecular weight is 265 g/mol. The fourth-order valence-corrected chi connectivity index (χ4v) is 4.14. The van der Waals surface area contributed by atoms with Crippen LogP contribution in [0.3, 0.4) is 0 Å². The molecule has 4 nitrogen and oxygen atoms in total. The smallest absolute Gasteiger partial charge is 0.237 e. The van der Waals surface area contributed by atoms with E-state index in [1.165, 1.54) is 45.2 Å². The van der Waals surface area contributed by atoms with E-state index in [1.54, 1.807) is 0 Å². The summed E-state index contributed by atoms with van der Waals surface area (Å²) in [7, 11) is 0. The van der Waals surface area contributed by atoms with Gasteiger partial charge < -0.3 is 10.6 Å². The molecule has 0 aromatic carbocycles. The summed E-state index contributed by atoms with van der Waals surface area (Å²) >= 11 is 0. The predicted molar refractivity (Wildman–Crippen MR) is 75.9 cm³/mol. The summed E-state index contributed by atoms with van der Waals surface area (Å²) in [6, 6.07) is 0.561. The third kappa shape index (κ3) is 2.79. The van der Waals surface area contributed by atoms with Crippen molar-refractivity contribution in [1.82, 2.24) is 15.5 Å². The van der Waals surface area contributed by atoms with Gasteiger partial charge in [-0.3, -0.25) is 9.69 Å². The van der Waals surface area contributed by atoms with Crippen LogP contribution < -0.4 is 10.6 Å². The summed E-state index contributed by atoms with van der Waals surface area (Å²) in [5.41, 5.74) is 0. The van der Waals surface area contributed by atoms with Gasteiger partial charge in [-0.15, -0.1) is 0 Å². The molecule has 4 atom stereocenters. The van der Waals surface area contributed by atoms with Crippen LogP contribution in [0.1, 0.15) is 39.0 Å². The fraction of sp³-hybridized carbons (Fsp3) is 0.933. The van der Waals surface area contributed by atoms with Crippen LogP contribution in [0.5, 0.6) is 0 Å². The van der Waals surface area contributed by atoms with E-state index < -0.39 is 0 Å². The third-order valence-corrected chi connectivity index (χ3v) is 5.36. The average Bonchev–Trinajstić information content (AvgIpc) is 3.10. The topological polar surface area (TPSA) is 44.4 Å². The van der Waals surface area contributed by atoms with Crippen molar-refractivity contribution in [1.29, 1.82) is 0 Å². The minimum absolute atomic E-state index is 0.0817. The van der Waals surface area contributed by atoms with Crippen LogP contribution in [-0.2, 0) is 4.79 Å². The minimum Gasteiger partial charge on any atom is -0.353 e. The Bertz CT molecular complexity index is 327. The van der Waals surface area contributed by atoms with Gasteiger partial charge in [-0.25, -0.2) is 0 Å². The lowest BCUT2D eigenvalue weighted by Gasteiger charge is -2.25. The van der Waals surface area contributed by atoms with E-state index in [9.17, 15) is 4.79 Å². The first-order valence-corrected chi connectivity index (χ1v) is 8.01. The highest BCUT2D eigenvalue weighted by Crippen LogP contribution is 2.37. The molecule has 3 aliphatic rings. The number of nitrogens with zero attached hydrogens (tertiary/aromatic N) is 1. The summed E-state index contributed by atoms with van der Waals surface area (Å²) in [6.07, 6.45) is 6.48. The molecular formula is C15H27N3O. The van der Waals surface area contributed by atoms with Gasteiger partial charge in [0.25, 0.3) is 0 Å². The van der Waals surface area contributed by atoms with Crippen LogP contribution in [0.15, 0.2) is 0 Å². The highest BCUT2D eigenvalue weighted by molar-refractivity contribution is 5.82. The summed E-state index contributed by atoms with van der Waals surface area (Å²) in [5.74, 6) is 1.59. The second-order valence-electron chi connectivity index (χ2n) is 6.58. The van der Waals surface area contributed by atoms with Gasteiger partial charge in [0.15, 0.2) is 0 Å². The van der Waals surface area contributed by atoms with Crippen molar-refractivity contribution in [2.75, 3.05) is 26.2 Å². The maximum atomic E-state index is 12.3. The predicted octanol–water partition coefficient (Wildman–Crippen LogP) is 0.975. The quantitative estimate of drug-likeness (QED) is 0.796. The molecule has 3 rings (SSSR count). The van der Waals surface area contributed by atoms with E-state index >= 15 is 0 Å². The molecule has 3 fully saturated rings. The lowest BCUT2D eigenvalue weighted by atomic mass is 9.93. The first-order chi connectivity index (χ1) is 9.25. The molecule has 19 heavy (non-hydrogen) atoms. The van der Waals surface area contributed by atoms with Gasteiger partial charge >= 0.3 is 0 Å². The highest BCUT2D eigenvalue weighted by atomic mass is 16.2. The molecule has 1 aliphatic carbocycles. The molecule has 0 radical (unpaired) electrons. The van der Waals surface area contributed by atoms with E-state index in [4.69, 9.17) is 0 Å². The van der Waals surface area contributed by atoms with E-state index in [0.717, 1.165) is 19.0 Å². The van der Waals surface area contributed by atoms with Crippen LogP contribution in [0, 0.1) is 11.8 Å². The highest BCUT2D eigenvalue weighted by Gasteiger charge is 2.42. The zero-order chi connectivity index (χ0) is 13.2. The first-order valence-electron chi connectivity index (χ1n) is 8.01. The van der Waals surface area contributed by atoms with Gasteiger partial charge in [-0.2, -0.15) is 0 Å². The number of rotatable bonds is 4. The SMILES string of the molecule is CC(CNC(=O)C1NCC2CCCC21)N1CCCC1. The number of hydrogen-bond donors (Lipinski definition) is 2. The third-order valence-electron chi connectivity index (χ3n) is 5.36. The molecule has 2 heterocycles. The van der Waals surface area contributed by atoms with Crippen molar-refractivity contribution in [2.45, 2.75) is 51.1 Å².